The van der Waals surface area contributed by atoms with Crippen molar-refractivity contribution in [3.05, 3.63) is 70.2 Å². The van der Waals surface area contributed by atoms with Gasteiger partial charge in [0.2, 0.25) is 0 Å². The lowest BCUT2D eigenvalue weighted by molar-refractivity contribution is -0.125. The largest absolute Gasteiger partial charge is 0.328 e. The molecule has 0 atom stereocenters. The number of fused-ring (bicyclic) bond motifs is 1. The van der Waals surface area contributed by atoms with Gasteiger partial charge in [0.25, 0.3) is 5.91 Å². The molecule has 110 valence electrons. The van der Waals surface area contributed by atoms with Gasteiger partial charge < -0.3 is 4.90 Å². The molecule has 1 aliphatic heterocycles. The van der Waals surface area contributed by atoms with E-state index < -0.39 is 0 Å². The maximum absolute atomic E-state index is 12.3. The minimum absolute atomic E-state index is 0.128. The number of halogens is 1. The number of amides is 1. The molecule has 3 heteroatoms. The smallest absolute Gasteiger partial charge is 0.299 e. The van der Waals surface area contributed by atoms with Crippen molar-refractivity contribution < 1.29 is 4.79 Å². The van der Waals surface area contributed by atoms with E-state index in [4.69, 9.17) is 11.6 Å². The van der Waals surface area contributed by atoms with Crippen LogP contribution in [0.3, 0.4) is 0 Å². The van der Waals surface area contributed by atoms with Gasteiger partial charge in [0.05, 0.1) is 0 Å². The molecule has 0 aliphatic carbocycles. The Kier molecular flexibility index (Phi) is 4.46. The summed E-state index contributed by atoms with van der Waals surface area (Å²) in [4.78, 5) is 14.2. The van der Waals surface area contributed by atoms with Crippen LogP contribution in [0.4, 0.5) is 0 Å². The molecular weight excluding hydrogens is 294 g/mol. The molecule has 0 aromatic heterocycles. The van der Waals surface area contributed by atoms with Gasteiger partial charge >= 0.3 is 0 Å². The molecule has 0 fully saturated rings. The van der Waals surface area contributed by atoms with Crippen LogP contribution in [0.2, 0.25) is 5.02 Å². The number of rotatable bonds is 0. The van der Waals surface area contributed by atoms with Crippen LogP contribution in [0.5, 0.6) is 0 Å². The van der Waals surface area contributed by atoms with E-state index in [2.05, 4.69) is 30.0 Å². The van der Waals surface area contributed by atoms with Gasteiger partial charge in [-0.05, 0) is 42.2 Å². The Morgan fingerprint density at radius 2 is 1.91 bits per heavy atom. The fourth-order valence-electron chi connectivity index (χ4n) is 2.64. The van der Waals surface area contributed by atoms with Crippen molar-refractivity contribution in [1.82, 2.24) is 4.90 Å². The lowest BCUT2D eigenvalue weighted by Gasteiger charge is -2.17. The van der Waals surface area contributed by atoms with Crippen molar-refractivity contribution in [3.8, 4) is 11.8 Å². The second-order valence-electron chi connectivity index (χ2n) is 5.36. The molecule has 0 radical (unpaired) electrons. The Morgan fingerprint density at radius 1 is 1.09 bits per heavy atom. The molecule has 0 saturated heterocycles. The first-order valence-corrected chi connectivity index (χ1v) is 7.73. The van der Waals surface area contributed by atoms with E-state index in [-0.39, 0.29) is 5.91 Å². The van der Waals surface area contributed by atoms with E-state index in [9.17, 15) is 4.79 Å². The molecule has 3 rings (SSSR count). The highest BCUT2D eigenvalue weighted by molar-refractivity contribution is 6.30. The first-order valence-electron chi connectivity index (χ1n) is 7.35. The van der Waals surface area contributed by atoms with Gasteiger partial charge in [-0.25, -0.2) is 0 Å². The second-order valence-corrected chi connectivity index (χ2v) is 5.80. The van der Waals surface area contributed by atoms with Crippen molar-refractivity contribution in [2.24, 2.45) is 0 Å². The van der Waals surface area contributed by atoms with E-state index >= 15 is 0 Å². The molecule has 0 bridgehead atoms. The number of hydrogen-bond acceptors (Lipinski definition) is 1. The number of nitrogens with zero attached hydrogens (tertiary/aromatic N) is 1. The topological polar surface area (TPSA) is 20.3 Å². The third-order valence-corrected chi connectivity index (χ3v) is 4.01. The SMILES string of the molecule is O=C(C#Cc1cccc(Cl)c1)N1CCCc2ccccc2C1. The maximum atomic E-state index is 12.3. The van der Waals surface area contributed by atoms with Crippen LogP contribution in [-0.2, 0) is 17.8 Å². The number of benzene rings is 2. The number of aryl methyl sites for hydroxylation is 1. The molecule has 2 nitrogen and oxygen atoms in total. The van der Waals surface area contributed by atoms with Crippen LogP contribution >= 0.6 is 11.6 Å². The maximum Gasteiger partial charge on any atom is 0.299 e. The monoisotopic (exact) mass is 309 g/mol. The highest BCUT2D eigenvalue weighted by Gasteiger charge is 2.17. The predicted octanol–water partition coefficient (Wildman–Crippen LogP) is 3.67. The number of carbonyl (C=O) groups is 1. The molecule has 2 aromatic rings. The first-order chi connectivity index (χ1) is 10.7. The van der Waals surface area contributed by atoms with Crippen LogP contribution in [0, 0.1) is 11.8 Å². The molecule has 1 amide bonds. The summed E-state index contributed by atoms with van der Waals surface area (Å²) in [6, 6.07) is 15.5. The lowest BCUT2D eigenvalue weighted by atomic mass is 10.0. The molecule has 0 unspecified atom stereocenters. The van der Waals surface area contributed by atoms with Crippen molar-refractivity contribution in [3.63, 3.8) is 0 Å². The average molecular weight is 310 g/mol. The van der Waals surface area contributed by atoms with Gasteiger partial charge in [0.15, 0.2) is 0 Å². The summed E-state index contributed by atoms with van der Waals surface area (Å²) in [7, 11) is 0. The first kappa shape index (κ1) is 14.7. The molecule has 2 aromatic carbocycles. The molecule has 0 spiro atoms. The standard InChI is InChI=1S/C19H16ClNO/c20-18-9-3-5-15(13-18)10-11-19(22)21-12-4-8-16-6-1-2-7-17(16)14-21/h1-3,5-7,9,13H,4,8,12,14H2. The molecular formula is C19H16ClNO. The third kappa shape index (κ3) is 3.50. The quantitative estimate of drug-likeness (QED) is 0.680. The van der Waals surface area contributed by atoms with Crippen LogP contribution in [0.1, 0.15) is 23.1 Å². The van der Waals surface area contributed by atoms with Crippen molar-refractivity contribution >= 4 is 17.5 Å². The summed E-state index contributed by atoms with van der Waals surface area (Å²) in [6.45, 7) is 1.39. The second kappa shape index (κ2) is 6.68. The zero-order valence-electron chi connectivity index (χ0n) is 12.2. The molecule has 1 heterocycles. The Morgan fingerprint density at radius 3 is 2.73 bits per heavy atom. The van der Waals surface area contributed by atoms with Gasteiger partial charge in [-0.3, -0.25) is 4.79 Å². The fraction of sp³-hybridized carbons (Fsp3) is 0.211. The van der Waals surface area contributed by atoms with Gasteiger partial charge in [-0.1, -0.05) is 47.9 Å². The van der Waals surface area contributed by atoms with Crippen molar-refractivity contribution in [2.45, 2.75) is 19.4 Å². The molecule has 1 aliphatic rings. The summed E-state index contributed by atoms with van der Waals surface area (Å²) in [5.74, 6) is 5.51. The summed E-state index contributed by atoms with van der Waals surface area (Å²) >= 11 is 5.92. The van der Waals surface area contributed by atoms with E-state index in [0.717, 1.165) is 24.9 Å². The highest BCUT2D eigenvalue weighted by Crippen LogP contribution is 2.18. The predicted molar refractivity (Wildman–Crippen MR) is 88.5 cm³/mol. The van der Waals surface area contributed by atoms with Gasteiger partial charge in [0.1, 0.15) is 0 Å². The van der Waals surface area contributed by atoms with Crippen LogP contribution in [0.25, 0.3) is 0 Å². The summed E-state index contributed by atoms with van der Waals surface area (Å²) in [5, 5.41) is 0.628. The molecule has 0 saturated carbocycles. The van der Waals surface area contributed by atoms with Crippen molar-refractivity contribution in [1.29, 1.82) is 0 Å². The Labute approximate surface area is 135 Å². The fourth-order valence-corrected chi connectivity index (χ4v) is 2.84. The van der Waals surface area contributed by atoms with Gasteiger partial charge in [-0.15, -0.1) is 0 Å². The minimum atomic E-state index is -0.128. The van der Waals surface area contributed by atoms with Crippen LogP contribution < -0.4 is 0 Å². The van der Waals surface area contributed by atoms with E-state index in [1.807, 2.05) is 23.1 Å². The lowest BCUT2D eigenvalue weighted by Crippen LogP contribution is -2.29. The average Bonchev–Trinajstić information content (AvgIpc) is 2.75. The third-order valence-electron chi connectivity index (χ3n) is 3.78. The summed E-state index contributed by atoms with van der Waals surface area (Å²) < 4.78 is 0. The minimum Gasteiger partial charge on any atom is -0.328 e. The van der Waals surface area contributed by atoms with Gasteiger partial charge in [-0.2, -0.15) is 0 Å². The zero-order valence-corrected chi connectivity index (χ0v) is 12.9. The Hall–Kier alpha value is -2.24. The Balaban J connectivity index is 1.76. The van der Waals surface area contributed by atoms with Crippen LogP contribution in [-0.4, -0.2) is 17.4 Å². The van der Waals surface area contributed by atoms with Crippen LogP contribution in [0.15, 0.2) is 48.5 Å². The summed E-state index contributed by atoms with van der Waals surface area (Å²) in [6.07, 6.45) is 1.99. The van der Waals surface area contributed by atoms with E-state index in [1.165, 1.54) is 11.1 Å². The van der Waals surface area contributed by atoms with Gasteiger partial charge in [0, 0.05) is 29.6 Å². The van der Waals surface area contributed by atoms with E-state index in [1.54, 1.807) is 12.1 Å². The van der Waals surface area contributed by atoms with E-state index in [0.29, 0.717) is 11.6 Å². The summed E-state index contributed by atoms with van der Waals surface area (Å²) in [5.41, 5.74) is 3.31. The molecule has 0 N–H and O–H groups in total. The molecule has 22 heavy (non-hydrogen) atoms. The zero-order chi connectivity index (χ0) is 15.4. The Bertz CT molecular complexity index is 757. The van der Waals surface area contributed by atoms with Crippen molar-refractivity contribution in [2.75, 3.05) is 6.54 Å². The number of hydrogen-bond donors (Lipinski definition) is 0. The highest BCUT2D eigenvalue weighted by atomic mass is 35.5. The normalized spacial score (nSPS) is 13.6. The number of carbonyl (C=O) groups excluding carboxylic acids is 1.